The maximum Gasteiger partial charge on any atom is 0.228 e. The highest BCUT2D eigenvalue weighted by Crippen LogP contribution is 2.47. The topological polar surface area (TPSA) is 90.0 Å². The summed E-state index contributed by atoms with van der Waals surface area (Å²) in [5, 5.41) is 22.0. The molecule has 3 aromatic rings. The zero-order valence-electron chi connectivity index (χ0n) is 14.7. The Labute approximate surface area is 155 Å². The van der Waals surface area contributed by atoms with Crippen LogP contribution in [-0.2, 0) is 0 Å². The molecule has 3 N–H and O–H groups in total. The maximum atomic E-state index is 9.52. The number of aryl methyl sites for hydroxylation is 1. The number of thiophene rings is 1. The largest absolute Gasteiger partial charge is 0.395 e. The molecule has 3 aromatic heterocycles. The monoisotopic (exact) mass is 370 g/mol. The van der Waals surface area contributed by atoms with Gasteiger partial charge in [0.2, 0.25) is 5.95 Å². The van der Waals surface area contributed by atoms with E-state index < -0.39 is 0 Å². The lowest BCUT2D eigenvalue weighted by atomic mass is 10.1. The molecule has 26 heavy (non-hydrogen) atoms. The number of nitrogens with one attached hydrogen (secondary N) is 2. The van der Waals surface area contributed by atoms with Crippen molar-refractivity contribution in [2.45, 2.75) is 19.8 Å². The van der Waals surface area contributed by atoms with Gasteiger partial charge in [-0.3, -0.25) is 5.10 Å². The fraction of sp³-hybridized carbons (Fsp3) is 0.389. The smallest absolute Gasteiger partial charge is 0.228 e. The molecular formula is C18H22N6OS. The summed E-state index contributed by atoms with van der Waals surface area (Å²) in [5.74, 6) is 2.08. The number of hydrogen-bond donors (Lipinski definition) is 3. The van der Waals surface area contributed by atoms with Crippen LogP contribution in [0.4, 0.5) is 17.6 Å². The van der Waals surface area contributed by atoms with Gasteiger partial charge >= 0.3 is 0 Å². The van der Waals surface area contributed by atoms with E-state index in [2.05, 4.69) is 22.1 Å². The SMILES string of the molecule is C=CC1(CN(CCO)c2nc(Nc3cc(C)[nH]n3)c3sccc3n2)CC1. The number of hydrogen-bond acceptors (Lipinski definition) is 7. The summed E-state index contributed by atoms with van der Waals surface area (Å²) < 4.78 is 0.989. The Bertz CT molecular complexity index is 929. The van der Waals surface area contributed by atoms with Crippen molar-refractivity contribution in [2.75, 3.05) is 29.9 Å². The minimum atomic E-state index is 0.0551. The summed E-state index contributed by atoms with van der Waals surface area (Å²) in [6.45, 7) is 7.24. The van der Waals surface area contributed by atoms with Crippen molar-refractivity contribution in [2.24, 2.45) is 5.41 Å². The first-order chi connectivity index (χ1) is 12.6. The van der Waals surface area contributed by atoms with Gasteiger partial charge in [0, 0.05) is 30.3 Å². The lowest BCUT2D eigenvalue weighted by Gasteiger charge is -2.26. The second-order valence-corrected chi connectivity index (χ2v) is 7.70. The van der Waals surface area contributed by atoms with Crippen LogP contribution in [0.5, 0.6) is 0 Å². The quantitative estimate of drug-likeness (QED) is 0.528. The van der Waals surface area contributed by atoms with Crippen LogP contribution < -0.4 is 10.2 Å². The molecule has 0 aromatic carbocycles. The van der Waals surface area contributed by atoms with Gasteiger partial charge in [-0.1, -0.05) is 6.08 Å². The number of aromatic amines is 1. The molecule has 1 saturated carbocycles. The number of fused-ring (bicyclic) bond motifs is 1. The van der Waals surface area contributed by atoms with E-state index in [4.69, 9.17) is 9.97 Å². The van der Waals surface area contributed by atoms with Gasteiger partial charge in [0.05, 0.1) is 16.8 Å². The summed E-state index contributed by atoms with van der Waals surface area (Å²) in [4.78, 5) is 11.5. The first-order valence-corrected chi connectivity index (χ1v) is 9.54. The number of aromatic nitrogens is 4. The van der Waals surface area contributed by atoms with Crippen molar-refractivity contribution in [3.8, 4) is 0 Å². The number of rotatable bonds is 8. The molecule has 1 fully saturated rings. The molecule has 1 aliphatic carbocycles. The molecule has 8 heteroatoms. The Hall–Kier alpha value is -2.45. The third-order valence-electron chi connectivity index (χ3n) is 4.73. The molecule has 0 unspecified atom stereocenters. The summed E-state index contributed by atoms with van der Waals surface area (Å²) in [6.07, 6.45) is 4.26. The highest BCUT2D eigenvalue weighted by Gasteiger charge is 2.41. The maximum absolute atomic E-state index is 9.52. The Morgan fingerprint density at radius 2 is 2.31 bits per heavy atom. The number of H-pyrrole nitrogens is 1. The van der Waals surface area contributed by atoms with E-state index in [-0.39, 0.29) is 12.0 Å². The fourth-order valence-electron chi connectivity index (χ4n) is 3.02. The number of aliphatic hydroxyl groups excluding tert-OH is 1. The van der Waals surface area contributed by atoms with E-state index in [1.807, 2.05) is 35.4 Å². The van der Waals surface area contributed by atoms with Crippen LogP contribution in [-0.4, -0.2) is 45.0 Å². The fourth-order valence-corrected chi connectivity index (χ4v) is 3.79. The van der Waals surface area contributed by atoms with Crippen molar-refractivity contribution < 1.29 is 5.11 Å². The molecule has 1 aliphatic rings. The van der Waals surface area contributed by atoms with Gasteiger partial charge in [-0.25, -0.2) is 4.98 Å². The van der Waals surface area contributed by atoms with Crippen molar-refractivity contribution in [3.05, 3.63) is 35.9 Å². The summed E-state index contributed by atoms with van der Waals surface area (Å²) in [6, 6.07) is 3.92. The van der Waals surface area contributed by atoms with E-state index in [1.54, 1.807) is 11.3 Å². The molecule has 0 aliphatic heterocycles. The minimum absolute atomic E-state index is 0.0551. The molecule has 3 heterocycles. The minimum Gasteiger partial charge on any atom is -0.395 e. The second-order valence-electron chi connectivity index (χ2n) is 6.78. The first-order valence-electron chi connectivity index (χ1n) is 8.66. The van der Waals surface area contributed by atoms with Gasteiger partial charge in [-0.2, -0.15) is 10.1 Å². The molecule has 0 amide bonds. The van der Waals surface area contributed by atoms with Crippen LogP contribution in [0.2, 0.25) is 0 Å². The van der Waals surface area contributed by atoms with Gasteiger partial charge in [0.15, 0.2) is 11.6 Å². The van der Waals surface area contributed by atoms with Gasteiger partial charge in [-0.05, 0) is 31.2 Å². The van der Waals surface area contributed by atoms with Crippen LogP contribution in [0, 0.1) is 12.3 Å². The van der Waals surface area contributed by atoms with Crippen LogP contribution in [0.3, 0.4) is 0 Å². The summed E-state index contributed by atoms with van der Waals surface area (Å²) in [7, 11) is 0. The molecule has 0 radical (unpaired) electrons. The van der Waals surface area contributed by atoms with E-state index in [0.29, 0.717) is 12.5 Å². The van der Waals surface area contributed by atoms with Crippen LogP contribution in [0.25, 0.3) is 10.2 Å². The number of aliphatic hydroxyl groups is 1. The molecule has 0 spiro atoms. The van der Waals surface area contributed by atoms with Crippen LogP contribution >= 0.6 is 11.3 Å². The first kappa shape index (κ1) is 17.0. The summed E-state index contributed by atoms with van der Waals surface area (Å²) in [5.41, 5.74) is 1.99. The van der Waals surface area contributed by atoms with Gasteiger partial charge in [0.25, 0.3) is 0 Å². The Balaban J connectivity index is 1.70. The van der Waals surface area contributed by atoms with Gasteiger partial charge < -0.3 is 15.3 Å². The van der Waals surface area contributed by atoms with E-state index in [1.165, 1.54) is 0 Å². The average molecular weight is 370 g/mol. The zero-order chi connectivity index (χ0) is 18.1. The van der Waals surface area contributed by atoms with E-state index in [9.17, 15) is 5.11 Å². The third-order valence-corrected chi connectivity index (χ3v) is 5.64. The molecule has 0 bridgehead atoms. The molecule has 0 saturated heterocycles. The number of nitrogens with zero attached hydrogens (tertiary/aromatic N) is 4. The van der Waals surface area contributed by atoms with Crippen LogP contribution in [0.15, 0.2) is 30.2 Å². The zero-order valence-corrected chi connectivity index (χ0v) is 15.5. The predicted molar refractivity (Wildman–Crippen MR) is 105 cm³/mol. The van der Waals surface area contributed by atoms with Crippen molar-refractivity contribution in [1.29, 1.82) is 0 Å². The molecule has 7 nitrogen and oxygen atoms in total. The van der Waals surface area contributed by atoms with Crippen LogP contribution in [0.1, 0.15) is 18.5 Å². The third kappa shape index (κ3) is 3.30. The van der Waals surface area contributed by atoms with Crippen molar-refractivity contribution >= 4 is 39.1 Å². The predicted octanol–water partition coefficient (Wildman–Crippen LogP) is 3.23. The van der Waals surface area contributed by atoms with E-state index >= 15 is 0 Å². The van der Waals surface area contributed by atoms with Gasteiger partial charge in [0.1, 0.15) is 0 Å². The van der Waals surface area contributed by atoms with Crippen molar-refractivity contribution in [3.63, 3.8) is 0 Å². The van der Waals surface area contributed by atoms with Crippen molar-refractivity contribution in [1.82, 2.24) is 20.2 Å². The molecule has 136 valence electrons. The van der Waals surface area contributed by atoms with Gasteiger partial charge in [-0.15, -0.1) is 17.9 Å². The summed E-state index contributed by atoms with van der Waals surface area (Å²) >= 11 is 1.59. The Morgan fingerprint density at radius 1 is 1.46 bits per heavy atom. The molecule has 4 rings (SSSR count). The Morgan fingerprint density at radius 3 is 2.96 bits per heavy atom. The lowest BCUT2D eigenvalue weighted by molar-refractivity contribution is 0.299. The lowest BCUT2D eigenvalue weighted by Crippen LogP contribution is -2.33. The standard InChI is InChI=1S/C18H22N6OS/c1-3-18(5-6-18)11-24(7-8-25)17-19-13-4-9-26-15(13)16(21-17)20-14-10-12(2)22-23-14/h3-4,9-10,25H,1,5-8,11H2,2H3,(H2,19,20,21,22,23). The highest BCUT2D eigenvalue weighted by atomic mass is 32.1. The normalized spacial score (nSPS) is 15.2. The second kappa shape index (κ2) is 6.69. The Kier molecular flexibility index (Phi) is 4.37. The molecular weight excluding hydrogens is 348 g/mol. The molecule has 0 atom stereocenters. The van der Waals surface area contributed by atoms with E-state index in [0.717, 1.165) is 46.9 Å². The highest BCUT2D eigenvalue weighted by molar-refractivity contribution is 7.17. The average Bonchev–Trinajstić information content (AvgIpc) is 3.03. The number of anilines is 3.